The van der Waals surface area contributed by atoms with Crippen molar-refractivity contribution in [2.24, 2.45) is 10.8 Å². The molecular formula is C18H36N2O2. The van der Waals surface area contributed by atoms with Crippen LogP contribution in [0.2, 0.25) is 0 Å². The minimum atomic E-state index is -0.324. The first-order chi connectivity index (χ1) is 9.99. The zero-order chi connectivity index (χ0) is 17.0. The molecule has 1 amide bonds. The van der Waals surface area contributed by atoms with Gasteiger partial charge in [0, 0.05) is 32.1 Å². The molecule has 1 atom stereocenters. The first kappa shape index (κ1) is 19.4. The molecule has 0 saturated carbocycles. The average Bonchev–Trinajstić information content (AvgIpc) is 2.35. The highest BCUT2D eigenvalue weighted by Gasteiger charge is 2.28. The topological polar surface area (TPSA) is 32.8 Å². The van der Waals surface area contributed by atoms with Crippen LogP contribution in [0.4, 0.5) is 0 Å². The molecule has 0 aromatic heterocycles. The zero-order valence-corrected chi connectivity index (χ0v) is 15.7. The molecule has 1 saturated heterocycles. The van der Waals surface area contributed by atoms with E-state index in [-0.39, 0.29) is 17.4 Å². The number of amides is 1. The van der Waals surface area contributed by atoms with Gasteiger partial charge in [-0.2, -0.15) is 0 Å². The quantitative estimate of drug-likeness (QED) is 0.782. The van der Waals surface area contributed by atoms with Crippen molar-refractivity contribution in [2.75, 3.05) is 39.8 Å². The van der Waals surface area contributed by atoms with Gasteiger partial charge in [-0.05, 0) is 24.8 Å². The van der Waals surface area contributed by atoms with Gasteiger partial charge in [-0.25, -0.2) is 0 Å². The standard InChI is InChI=1S/C18H36N2O2/c1-17(2,3)9-8-10-20-11-12-22-15(14-20)13-19(7)16(21)18(4,5)6/h15H,8-14H2,1-7H3/t15-/m0/s1. The second kappa shape index (κ2) is 7.78. The molecule has 4 nitrogen and oxygen atoms in total. The third kappa shape index (κ3) is 7.10. The van der Waals surface area contributed by atoms with Crippen molar-refractivity contribution in [1.29, 1.82) is 0 Å². The molecule has 0 aromatic carbocycles. The molecule has 130 valence electrons. The normalized spacial score (nSPS) is 21.0. The van der Waals surface area contributed by atoms with E-state index in [9.17, 15) is 4.79 Å². The number of nitrogens with zero attached hydrogens (tertiary/aromatic N) is 2. The largest absolute Gasteiger partial charge is 0.374 e. The molecule has 0 aromatic rings. The van der Waals surface area contributed by atoms with Crippen molar-refractivity contribution < 1.29 is 9.53 Å². The number of morpholine rings is 1. The van der Waals surface area contributed by atoms with Gasteiger partial charge in [0.1, 0.15) is 0 Å². The van der Waals surface area contributed by atoms with E-state index in [1.54, 1.807) is 0 Å². The van der Waals surface area contributed by atoms with Crippen molar-refractivity contribution in [3.8, 4) is 0 Å². The molecule has 0 bridgehead atoms. The van der Waals surface area contributed by atoms with Crippen LogP contribution < -0.4 is 0 Å². The molecule has 1 rings (SSSR count). The van der Waals surface area contributed by atoms with Crippen LogP contribution in [-0.4, -0.2) is 61.6 Å². The van der Waals surface area contributed by atoms with Crippen molar-refractivity contribution in [3.63, 3.8) is 0 Å². The van der Waals surface area contributed by atoms with E-state index in [2.05, 4.69) is 25.7 Å². The van der Waals surface area contributed by atoms with Crippen molar-refractivity contribution in [3.05, 3.63) is 0 Å². The number of rotatable bonds is 5. The van der Waals surface area contributed by atoms with Gasteiger partial charge in [-0.1, -0.05) is 41.5 Å². The summed E-state index contributed by atoms with van der Waals surface area (Å²) in [5, 5.41) is 0. The van der Waals surface area contributed by atoms with E-state index in [1.807, 2.05) is 32.7 Å². The van der Waals surface area contributed by atoms with Gasteiger partial charge in [-0.15, -0.1) is 0 Å². The second-order valence-corrected chi connectivity index (χ2v) is 8.89. The van der Waals surface area contributed by atoms with Gasteiger partial charge in [0.05, 0.1) is 12.7 Å². The first-order valence-electron chi connectivity index (χ1n) is 8.58. The number of carbonyl (C=O) groups excluding carboxylic acids is 1. The maximum absolute atomic E-state index is 12.3. The molecule has 0 radical (unpaired) electrons. The third-order valence-corrected chi connectivity index (χ3v) is 4.09. The number of ether oxygens (including phenoxy) is 1. The Balaban J connectivity index is 2.38. The summed E-state index contributed by atoms with van der Waals surface area (Å²) in [6, 6.07) is 0. The van der Waals surface area contributed by atoms with Gasteiger partial charge in [-0.3, -0.25) is 9.69 Å². The van der Waals surface area contributed by atoms with Gasteiger partial charge in [0.15, 0.2) is 0 Å². The Morgan fingerprint density at radius 2 is 1.86 bits per heavy atom. The molecule has 0 N–H and O–H groups in total. The predicted molar refractivity (Wildman–Crippen MR) is 92.0 cm³/mol. The highest BCUT2D eigenvalue weighted by atomic mass is 16.5. The fourth-order valence-electron chi connectivity index (χ4n) is 2.89. The Morgan fingerprint density at radius 3 is 2.41 bits per heavy atom. The van der Waals surface area contributed by atoms with Crippen LogP contribution in [0.15, 0.2) is 0 Å². The highest BCUT2D eigenvalue weighted by molar-refractivity contribution is 5.81. The Hall–Kier alpha value is -0.610. The number of hydrogen-bond acceptors (Lipinski definition) is 3. The third-order valence-electron chi connectivity index (χ3n) is 4.09. The monoisotopic (exact) mass is 312 g/mol. The van der Waals surface area contributed by atoms with Gasteiger partial charge < -0.3 is 9.64 Å². The molecule has 0 aliphatic carbocycles. The Bertz CT molecular complexity index is 355. The lowest BCUT2D eigenvalue weighted by atomic mass is 9.90. The average molecular weight is 312 g/mol. The molecule has 4 heteroatoms. The SMILES string of the molecule is CN(C[C@H]1CN(CCCC(C)(C)C)CCO1)C(=O)C(C)(C)C. The summed E-state index contributed by atoms with van der Waals surface area (Å²) < 4.78 is 5.85. The molecule has 1 aliphatic rings. The highest BCUT2D eigenvalue weighted by Crippen LogP contribution is 2.21. The van der Waals surface area contributed by atoms with E-state index < -0.39 is 0 Å². The summed E-state index contributed by atoms with van der Waals surface area (Å²) in [5.74, 6) is 0.181. The maximum atomic E-state index is 12.3. The summed E-state index contributed by atoms with van der Waals surface area (Å²) >= 11 is 0. The fraction of sp³-hybridized carbons (Fsp3) is 0.944. The van der Waals surface area contributed by atoms with E-state index >= 15 is 0 Å². The summed E-state index contributed by atoms with van der Waals surface area (Å²) in [6.45, 7) is 17.3. The van der Waals surface area contributed by atoms with Crippen LogP contribution in [0.1, 0.15) is 54.4 Å². The lowest BCUT2D eigenvalue weighted by Gasteiger charge is -2.36. The van der Waals surface area contributed by atoms with Crippen LogP contribution >= 0.6 is 0 Å². The Kier molecular flexibility index (Phi) is 6.87. The van der Waals surface area contributed by atoms with Crippen molar-refractivity contribution in [2.45, 2.75) is 60.5 Å². The minimum Gasteiger partial charge on any atom is -0.374 e. The van der Waals surface area contributed by atoms with Gasteiger partial charge >= 0.3 is 0 Å². The van der Waals surface area contributed by atoms with Gasteiger partial charge in [0.25, 0.3) is 0 Å². The van der Waals surface area contributed by atoms with E-state index in [0.29, 0.717) is 12.0 Å². The fourth-order valence-corrected chi connectivity index (χ4v) is 2.89. The van der Waals surface area contributed by atoms with Crippen molar-refractivity contribution >= 4 is 5.91 Å². The first-order valence-corrected chi connectivity index (χ1v) is 8.58. The molecule has 1 aliphatic heterocycles. The smallest absolute Gasteiger partial charge is 0.227 e. The van der Waals surface area contributed by atoms with Crippen LogP contribution in [0.5, 0.6) is 0 Å². The van der Waals surface area contributed by atoms with Crippen LogP contribution in [-0.2, 0) is 9.53 Å². The molecule has 1 heterocycles. The van der Waals surface area contributed by atoms with Crippen molar-refractivity contribution in [1.82, 2.24) is 9.80 Å². The van der Waals surface area contributed by atoms with Crippen LogP contribution in [0.25, 0.3) is 0 Å². The van der Waals surface area contributed by atoms with E-state index in [4.69, 9.17) is 4.74 Å². The van der Waals surface area contributed by atoms with Crippen LogP contribution in [0.3, 0.4) is 0 Å². The summed E-state index contributed by atoms with van der Waals surface area (Å²) in [6.07, 6.45) is 2.62. The molecule has 22 heavy (non-hydrogen) atoms. The summed E-state index contributed by atoms with van der Waals surface area (Å²) in [7, 11) is 1.88. The maximum Gasteiger partial charge on any atom is 0.227 e. The van der Waals surface area contributed by atoms with Crippen LogP contribution in [0, 0.1) is 10.8 Å². The molecule has 0 unspecified atom stereocenters. The predicted octanol–water partition coefficient (Wildman–Crippen LogP) is 3.02. The van der Waals surface area contributed by atoms with Gasteiger partial charge in [0.2, 0.25) is 5.91 Å². The second-order valence-electron chi connectivity index (χ2n) is 8.89. The molecule has 0 spiro atoms. The zero-order valence-electron chi connectivity index (χ0n) is 15.7. The number of likely N-dealkylation sites (N-methyl/N-ethyl adjacent to an activating group) is 1. The lowest BCUT2D eigenvalue weighted by Crippen LogP contribution is -2.49. The number of carbonyl (C=O) groups is 1. The minimum absolute atomic E-state index is 0.139. The summed E-state index contributed by atoms with van der Waals surface area (Å²) in [4.78, 5) is 16.6. The van der Waals surface area contributed by atoms with E-state index in [0.717, 1.165) is 26.2 Å². The lowest BCUT2D eigenvalue weighted by molar-refractivity contribution is -0.141. The number of hydrogen-bond donors (Lipinski definition) is 0. The Morgan fingerprint density at radius 1 is 1.23 bits per heavy atom. The Labute approximate surface area is 137 Å². The summed E-state index contributed by atoms with van der Waals surface area (Å²) in [5.41, 5.74) is 0.0842. The van der Waals surface area contributed by atoms with E-state index in [1.165, 1.54) is 12.8 Å². The molecule has 1 fully saturated rings. The molecular weight excluding hydrogens is 276 g/mol.